The monoisotopic (exact) mass is 196 g/mol. The fourth-order valence-corrected chi connectivity index (χ4v) is 0.879. The Bertz CT molecular complexity index is 329. The number of aryl methyl sites for hydroxylation is 1. The summed E-state index contributed by atoms with van der Waals surface area (Å²) in [5, 5.41) is 6.70. The third-order valence-corrected chi connectivity index (χ3v) is 2.09. The second-order valence-corrected chi connectivity index (χ2v) is 3.94. The molecule has 0 fully saturated rings. The molecule has 1 aromatic heterocycles. The lowest BCUT2D eigenvalue weighted by molar-refractivity contribution is -0.123. The molecule has 0 atom stereocenters. The highest BCUT2D eigenvalue weighted by Gasteiger charge is 2.25. The van der Waals surface area contributed by atoms with Gasteiger partial charge in [0.1, 0.15) is 0 Å². The lowest BCUT2D eigenvalue weighted by Gasteiger charge is -2.20. The van der Waals surface area contributed by atoms with Gasteiger partial charge in [-0.25, -0.2) is 0 Å². The summed E-state index contributed by atoms with van der Waals surface area (Å²) in [7, 11) is 1.80. The van der Waals surface area contributed by atoms with Gasteiger partial charge in [0.05, 0.1) is 17.3 Å². The van der Waals surface area contributed by atoms with Gasteiger partial charge < -0.3 is 11.1 Å². The van der Waals surface area contributed by atoms with Gasteiger partial charge in [0.15, 0.2) is 0 Å². The standard InChI is InChI=1S/C9H16N4O/c1-9(2,6-10)8(14)12-7-4-11-13(3)5-7/h4-5H,6,10H2,1-3H3,(H,12,14). The Balaban J connectivity index is 2.66. The Kier molecular flexibility index (Phi) is 2.90. The number of hydrogen-bond acceptors (Lipinski definition) is 3. The van der Waals surface area contributed by atoms with Crippen molar-refractivity contribution >= 4 is 11.6 Å². The topological polar surface area (TPSA) is 72.9 Å². The number of nitrogens with two attached hydrogens (primary N) is 1. The molecule has 0 unspecified atom stereocenters. The summed E-state index contributed by atoms with van der Waals surface area (Å²) < 4.78 is 1.63. The van der Waals surface area contributed by atoms with Crippen molar-refractivity contribution in [3.05, 3.63) is 12.4 Å². The third-order valence-electron chi connectivity index (χ3n) is 2.09. The van der Waals surface area contributed by atoms with Crippen LogP contribution < -0.4 is 11.1 Å². The predicted molar refractivity (Wildman–Crippen MR) is 54.7 cm³/mol. The van der Waals surface area contributed by atoms with E-state index in [0.29, 0.717) is 12.2 Å². The first-order chi connectivity index (χ1) is 6.45. The van der Waals surface area contributed by atoms with Crippen LogP contribution in [-0.4, -0.2) is 22.2 Å². The second kappa shape index (κ2) is 3.79. The molecule has 0 aliphatic carbocycles. The number of aromatic nitrogens is 2. The number of anilines is 1. The molecule has 0 saturated carbocycles. The maximum atomic E-state index is 11.6. The minimum atomic E-state index is -0.546. The van der Waals surface area contributed by atoms with Crippen molar-refractivity contribution in [1.29, 1.82) is 0 Å². The normalized spacial score (nSPS) is 11.4. The molecule has 3 N–H and O–H groups in total. The van der Waals surface area contributed by atoms with Gasteiger partial charge in [0.25, 0.3) is 0 Å². The largest absolute Gasteiger partial charge is 0.329 e. The van der Waals surface area contributed by atoms with E-state index in [-0.39, 0.29) is 5.91 Å². The molecule has 0 aliphatic rings. The Hall–Kier alpha value is -1.36. The summed E-state index contributed by atoms with van der Waals surface area (Å²) >= 11 is 0. The summed E-state index contributed by atoms with van der Waals surface area (Å²) in [6, 6.07) is 0. The number of hydrogen-bond donors (Lipinski definition) is 2. The molecule has 0 radical (unpaired) electrons. The van der Waals surface area contributed by atoms with Crippen LogP contribution >= 0.6 is 0 Å². The molecule has 0 bridgehead atoms. The van der Waals surface area contributed by atoms with Crippen molar-refractivity contribution in [1.82, 2.24) is 9.78 Å². The summed E-state index contributed by atoms with van der Waals surface area (Å²) in [4.78, 5) is 11.6. The van der Waals surface area contributed by atoms with E-state index in [1.165, 1.54) is 0 Å². The number of nitrogens with zero attached hydrogens (tertiary/aromatic N) is 2. The molecule has 14 heavy (non-hydrogen) atoms. The number of carbonyl (C=O) groups excluding carboxylic acids is 1. The van der Waals surface area contributed by atoms with Gasteiger partial charge in [0.2, 0.25) is 5.91 Å². The van der Waals surface area contributed by atoms with E-state index >= 15 is 0 Å². The van der Waals surface area contributed by atoms with E-state index in [1.54, 1.807) is 38.0 Å². The summed E-state index contributed by atoms with van der Waals surface area (Å²) in [5.74, 6) is -0.0898. The van der Waals surface area contributed by atoms with Crippen molar-refractivity contribution in [2.24, 2.45) is 18.2 Å². The van der Waals surface area contributed by atoms with Crippen LogP contribution in [0.25, 0.3) is 0 Å². The number of carbonyl (C=O) groups is 1. The van der Waals surface area contributed by atoms with Crippen LogP contribution in [0, 0.1) is 5.41 Å². The van der Waals surface area contributed by atoms with E-state index in [9.17, 15) is 4.79 Å². The van der Waals surface area contributed by atoms with Crippen molar-refractivity contribution in [3.63, 3.8) is 0 Å². The Morgan fingerprint density at radius 1 is 1.71 bits per heavy atom. The van der Waals surface area contributed by atoms with Crippen LogP contribution in [-0.2, 0) is 11.8 Å². The summed E-state index contributed by atoms with van der Waals surface area (Å²) in [5.41, 5.74) is 5.63. The van der Waals surface area contributed by atoms with Gasteiger partial charge in [-0.05, 0) is 13.8 Å². The molecular formula is C9H16N4O. The van der Waals surface area contributed by atoms with Crippen LogP contribution in [0.15, 0.2) is 12.4 Å². The molecular weight excluding hydrogens is 180 g/mol. The second-order valence-electron chi connectivity index (χ2n) is 3.94. The van der Waals surface area contributed by atoms with E-state index in [1.807, 2.05) is 0 Å². The highest BCUT2D eigenvalue weighted by atomic mass is 16.2. The van der Waals surface area contributed by atoms with Crippen LogP contribution in [0.2, 0.25) is 0 Å². The zero-order valence-corrected chi connectivity index (χ0v) is 8.74. The SMILES string of the molecule is Cn1cc(NC(=O)C(C)(C)CN)cn1. The first kappa shape index (κ1) is 10.7. The minimum absolute atomic E-state index is 0.0898. The molecule has 5 heteroatoms. The van der Waals surface area contributed by atoms with E-state index in [4.69, 9.17) is 5.73 Å². The van der Waals surface area contributed by atoms with Gasteiger partial charge in [-0.15, -0.1) is 0 Å². The highest BCUT2D eigenvalue weighted by molar-refractivity contribution is 5.94. The van der Waals surface area contributed by atoms with Gasteiger partial charge >= 0.3 is 0 Å². The number of rotatable bonds is 3. The average molecular weight is 196 g/mol. The molecule has 1 rings (SSSR count). The van der Waals surface area contributed by atoms with E-state index in [0.717, 1.165) is 0 Å². The predicted octanol–water partition coefficient (Wildman–Crippen LogP) is 0.343. The van der Waals surface area contributed by atoms with Crippen molar-refractivity contribution in [2.75, 3.05) is 11.9 Å². The molecule has 5 nitrogen and oxygen atoms in total. The van der Waals surface area contributed by atoms with Gasteiger partial charge in [-0.3, -0.25) is 9.48 Å². The lowest BCUT2D eigenvalue weighted by atomic mass is 9.93. The van der Waals surface area contributed by atoms with E-state index in [2.05, 4.69) is 10.4 Å². The van der Waals surface area contributed by atoms with Gasteiger partial charge in [0, 0.05) is 19.8 Å². The van der Waals surface area contributed by atoms with Crippen LogP contribution in [0.1, 0.15) is 13.8 Å². The maximum Gasteiger partial charge on any atom is 0.231 e. The van der Waals surface area contributed by atoms with Crippen LogP contribution in [0.4, 0.5) is 5.69 Å². The Morgan fingerprint density at radius 2 is 2.36 bits per heavy atom. The Morgan fingerprint density at radius 3 is 2.79 bits per heavy atom. The molecule has 0 spiro atoms. The average Bonchev–Trinajstić information content (AvgIpc) is 2.51. The fourth-order valence-electron chi connectivity index (χ4n) is 0.879. The first-order valence-corrected chi connectivity index (χ1v) is 4.46. The molecule has 0 saturated heterocycles. The smallest absolute Gasteiger partial charge is 0.231 e. The van der Waals surface area contributed by atoms with Crippen molar-refractivity contribution in [2.45, 2.75) is 13.8 Å². The van der Waals surface area contributed by atoms with Gasteiger partial charge in [-0.1, -0.05) is 0 Å². The molecule has 1 heterocycles. The zero-order valence-electron chi connectivity index (χ0n) is 8.74. The summed E-state index contributed by atoms with van der Waals surface area (Å²) in [6.07, 6.45) is 3.34. The van der Waals surface area contributed by atoms with Crippen molar-refractivity contribution in [3.8, 4) is 0 Å². The first-order valence-electron chi connectivity index (χ1n) is 4.46. The number of nitrogens with one attached hydrogen (secondary N) is 1. The fraction of sp³-hybridized carbons (Fsp3) is 0.556. The maximum absolute atomic E-state index is 11.6. The van der Waals surface area contributed by atoms with Gasteiger partial charge in [-0.2, -0.15) is 5.10 Å². The van der Waals surface area contributed by atoms with E-state index < -0.39 is 5.41 Å². The molecule has 78 valence electrons. The summed E-state index contributed by atoms with van der Waals surface area (Å²) in [6.45, 7) is 3.93. The number of amides is 1. The zero-order chi connectivity index (χ0) is 10.8. The quantitative estimate of drug-likeness (QED) is 0.732. The third kappa shape index (κ3) is 2.32. The van der Waals surface area contributed by atoms with Crippen LogP contribution in [0.5, 0.6) is 0 Å². The van der Waals surface area contributed by atoms with Crippen LogP contribution in [0.3, 0.4) is 0 Å². The lowest BCUT2D eigenvalue weighted by Crippen LogP contribution is -2.37. The molecule has 1 amide bonds. The molecule has 0 aliphatic heterocycles. The van der Waals surface area contributed by atoms with Crippen molar-refractivity contribution < 1.29 is 4.79 Å². The minimum Gasteiger partial charge on any atom is -0.329 e. The molecule has 1 aromatic rings. The Labute approximate surface area is 83.3 Å². The molecule has 0 aromatic carbocycles. The highest BCUT2D eigenvalue weighted by Crippen LogP contribution is 2.16.